The Morgan fingerprint density at radius 2 is 2.00 bits per heavy atom. The van der Waals surface area contributed by atoms with E-state index in [1.54, 1.807) is 0 Å². The van der Waals surface area contributed by atoms with E-state index in [0.29, 0.717) is 10.6 Å². The Hall–Kier alpha value is -1.88. The smallest absolute Gasteiger partial charge is 0.350 e. The lowest BCUT2D eigenvalue weighted by Crippen LogP contribution is -2.10. The van der Waals surface area contributed by atoms with E-state index in [-0.39, 0.29) is 5.97 Å². The van der Waals surface area contributed by atoms with E-state index >= 15 is 0 Å². The molecule has 0 spiro atoms. The maximum absolute atomic E-state index is 11.6. The van der Waals surface area contributed by atoms with Gasteiger partial charge < -0.3 is 9.64 Å². The zero-order valence-electron chi connectivity index (χ0n) is 12.4. The second-order valence-electron chi connectivity index (χ2n) is 4.75. The quantitative estimate of drug-likeness (QED) is 0.810. The van der Waals surface area contributed by atoms with Crippen molar-refractivity contribution in [3.8, 4) is 0 Å². The van der Waals surface area contributed by atoms with Crippen LogP contribution in [0.25, 0.3) is 0 Å². The average molecular weight is 290 g/mol. The fraction of sp³-hybridized carbons (Fsp3) is 0.333. The van der Waals surface area contributed by atoms with Crippen molar-refractivity contribution < 1.29 is 9.53 Å². The van der Waals surface area contributed by atoms with Crippen LogP contribution in [0.1, 0.15) is 26.5 Å². The van der Waals surface area contributed by atoms with Gasteiger partial charge in [-0.2, -0.15) is 0 Å². The summed E-state index contributed by atoms with van der Waals surface area (Å²) < 4.78 is 4.77. The monoisotopic (exact) mass is 290 g/mol. The van der Waals surface area contributed by atoms with Crippen molar-refractivity contribution in [3.63, 3.8) is 0 Å². The number of ether oxygens (including phenoxy) is 1. The number of nitrogens with zero attached hydrogens (tertiary/aromatic N) is 2. The average Bonchev–Trinajstić information content (AvgIpc) is 2.79. The number of benzene rings is 1. The standard InChI is InChI=1S/C15H18N2O2S/c1-9-6-7-12(10(2)8-9)17(4)15-16-11(3)13(20-15)14(18)19-5/h6-8H,1-5H3. The summed E-state index contributed by atoms with van der Waals surface area (Å²) in [6.45, 7) is 5.96. The normalized spacial score (nSPS) is 10.4. The number of carbonyl (C=O) groups is 1. The Labute approximate surface area is 123 Å². The molecule has 0 radical (unpaired) electrons. The van der Waals surface area contributed by atoms with Crippen LogP contribution in [0.3, 0.4) is 0 Å². The van der Waals surface area contributed by atoms with E-state index in [4.69, 9.17) is 4.74 Å². The van der Waals surface area contributed by atoms with Gasteiger partial charge in [-0.15, -0.1) is 0 Å². The zero-order valence-corrected chi connectivity index (χ0v) is 13.2. The molecule has 0 saturated carbocycles. The molecule has 0 aliphatic carbocycles. The Morgan fingerprint density at radius 3 is 2.60 bits per heavy atom. The van der Waals surface area contributed by atoms with Crippen LogP contribution in [-0.2, 0) is 4.74 Å². The Bertz CT molecular complexity index is 649. The van der Waals surface area contributed by atoms with Crippen LogP contribution in [0.4, 0.5) is 10.8 Å². The van der Waals surface area contributed by atoms with Crippen LogP contribution in [0.15, 0.2) is 18.2 Å². The molecule has 0 aliphatic rings. The highest BCUT2D eigenvalue weighted by Gasteiger charge is 2.19. The molecule has 0 bridgehead atoms. The van der Waals surface area contributed by atoms with Gasteiger partial charge in [0.25, 0.3) is 0 Å². The molecule has 0 N–H and O–H groups in total. The van der Waals surface area contributed by atoms with Crippen LogP contribution < -0.4 is 4.90 Å². The fourth-order valence-corrected chi connectivity index (χ4v) is 3.05. The molecule has 106 valence electrons. The minimum atomic E-state index is -0.333. The summed E-state index contributed by atoms with van der Waals surface area (Å²) in [6.07, 6.45) is 0. The summed E-state index contributed by atoms with van der Waals surface area (Å²) in [4.78, 5) is 18.7. The summed E-state index contributed by atoms with van der Waals surface area (Å²) in [5.74, 6) is -0.333. The van der Waals surface area contributed by atoms with Crippen molar-refractivity contribution in [1.82, 2.24) is 4.98 Å². The Kier molecular flexibility index (Phi) is 4.09. The molecule has 5 heteroatoms. The van der Waals surface area contributed by atoms with Gasteiger partial charge in [0.05, 0.1) is 12.8 Å². The van der Waals surface area contributed by atoms with Crippen molar-refractivity contribution >= 4 is 28.1 Å². The van der Waals surface area contributed by atoms with E-state index in [2.05, 4.69) is 37.0 Å². The number of carbonyl (C=O) groups excluding carboxylic acids is 1. The van der Waals surface area contributed by atoms with Gasteiger partial charge in [-0.25, -0.2) is 9.78 Å². The first-order valence-electron chi connectivity index (χ1n) is 6.30. The van der Waals surface area contributed by atoms with E-state index in [1.165, 1.54) is 29.6 Å². The van der Waals surface area contributed by atoms with Gasteiger partial charge >= 0.3 is 5.97 Å². The number of thiazole rings is 1. The largest absolute Gasteiger partial charge is 0.465 e. The predicted molar refractivity (Wildman–Crippen MR) is 82.2 cm³/mol. The van der Waals surface area contributed by atoms with Gasteiger partial charge in [-0.1, -0.05) is 29.0 Å². The second-order valence-corrected chi connectivity index (χ2v) is 5.73. The van der Waals surface area contributed by atoms with Gasteiger partial charge in [-0.05, 0) is 32.4 Å². The van der Waals surface area contributed by atoms with Crippen LogP contribution in [0.2, 0.25) is 0 Å². The maximum Gasteiger partial charge on any atom is 0.350 e. The third-order valence-electron chi connectivity index (χ3n) is 3.16. The lowest BCUT2D eigenvalue weighted by molar-refractivity contribution is 0.0605. The van der Waals surface area contributed by atoms with Crippen molar-refractivity contribution in [2.24, 2.45) is 0 Å². The molecule has 2 aromatic rings. The highest BCUT2D eigenvalue weighted by atomic mass is 32.1. The van der Waals surface area contributed by atoms with E-state index in [0.717, 1.165) is 10.8 Å². The van der Waals surface area contributed by atoms with Crippen molar-refractivity contribution in [2.45, 2.75) is 20.8 Å². The number of anilines is 2. The van der Waals surface area contributed by atoms with E-state index in [1.807, 2.05) is 18.9 Å². The molecule has 0 fully saturated rings. The number of hydrogen-bond donors (Lipinski definition) is 0. The number of methoxy groups -OCH3 is 1. The first-order chi connectivity index (χ1) is 9.43. The number of aromatic nitrogens is 1. The molecule has 0 aliphatic heterocycles. The van der Waals surface area contributed by atoms with Crippen molar-refractivity contribution in [3.05, 3.63) is 39.9 Å². The third kappa shape index (κ3) is 2.67. The Balaban J connectivity index is 2.38. The molecular formula is C15H18N2O2S. The molecule has 1 aromatic heterocycles. The van der Waals surface area contributed by atoms with Gasteiger partial charge in [0.2, 0.25) is 0 Å². The topological polar surface area (TPSA) is 42.4 Å². The fourth-order valence-electron chi connectivity index (χ4n) is 2.09. The zero-order chi connectivity index (χ0) is 14.9. The molecular weight excluding hydrogens is 272 g/mol. The molecule has 20 heavy (non-hydrogen) atoms. The summed E-state index contributed by atoms with van der Waals surface area (Å²) >= 11 is 1.35. The number of hydrogen-bond acceptors (Lipinski definition) is 5. The van der Waals surface area contributed by atoms with Gasteiger partial charge in [0.15, 0.2) is 5.13 Å². The third-order valence-corrected chi connectivity index (χ3v) is 4.37. The molecule has 1 heterocycles. The number of rotatable bonds is 3. The SMILES string of the molecule is COC(=O)c1sc(N(C)c2ccc(C)cc2C)nc1C. The van der Waals surface area contributed by atoms with Crippen LogP contribution in [0, 0.1) is 20.8 Å². The van der Waals surface area contributed by atoms with Gasteiger partial charge in [0.1, 0.15) is 4.88 Å². The van der Waals surface area contributed by atoms with Gasteiger partial charge in [-0.3, -0.25) is 0 Å². The molecule has 0 atom stereocenters. The highest BCUT2D eigenvalue weighted by Crippen LogP contribution is 2.32. The minimum Gasteiger partial charge on any atom is -0.465 e. The number of esters is 1. The van der Waals surface area contributed by atoms with Crippen LogP contribution in [0.5, 0.6) is 0 Å². The van der Waals surface area contributed by atoms with E-state index in [9.17, 15) is 4.79 Å². The lowest BCUT2D eigenvalue weighted by Gasteiger charge is -2.18. The minimum absolute atomic E-state index is 0.333. The molecule has 4 nitrogen and oxygen atoms in total. The predicted octanol–water partition coefficient (Wildman–Crippen LogP) is 3.62. The number of aryl methyl sites for hydroxylation is 3. The van der Waals surface area contributed by atoms with Crippen molar-refractivity contribution in [1.29, 1.82) is 0 Å². The van der Waals surface area contributed by atoms with E-state index < -0.39 is 0 Å². The second kappa shape index (κ2) is 5.63. The van der Waals surface area contributed by atoms with Crippen LogP contribution >= 0.6 is 11.3 Å². The van der Waals surface area contributed by atoms with Gasteiger partial charge in [0, 0.05) is 12.7 Å². The first kappa shape index (κ1) is 14.5. The summed E-state index contributed by atoms with van der Waals surface area (Å²) in [5.41, 5.74) is 4.19. The van der Waals surface area contributed by atoms with Crippen molar-refractivity contribution in [2.75, 3.05) is 19.1 Å². The summed E-state index contributed by atoms with van der Waals surface area (Å²) in [7, 11) is 3.34. The molecule has 1 aromatic carbocycles. The molecule has 2 rings (SSSR count). The molecule has 0 saturated heterocycles. The molecule has 0 amide bonds. The maximum atomic E-state index is 11.6. The highest BCUT2D eigenvalue weighted by molar-refractivity contribution is 7.17. The summed E-state index contributed by atoms with van der Waals surface area (Å²) in [5, 5.41) is 0.787. The molecule has 0 unspecified atom stereocenters. The first-order valence-corrected chi connectivity index (χ1v) is 7.12. The summed E-state index contributed by atoms with van der Waals surface area (Å²) in [6, 6.07) is 6.27. The van der Waals surface area contributed by atoms with Crippen LogP contribution in [-0.4, -0.2) is 25.1 Å². The Morgan fingerprint density at radius 1 is 1.30 bits per heavy atom. The lowest BCUT2D eigenvalue weighted by atomic mass is 10.1.